The first-order valence-electron chi connectivity index (χ1n) is 11.0. The molecular weight excluding hydrogens is 434 g/mol. The molecule has 0 aliphatic carbocycles. The average Bonchev–Trinajstić information content (AvgIpc) is 3.01. The van der Waals surface area contributed by atoms with Crippen molar-refractivity contribution in [1.29, 1.82) is 0 Å². The van der Waals surface area contributed by atoms with E-state index in [1.54, 1.807) is 17.3 Å². The van der Waals surface area contributed by atoms with E-state index in [1.807, 2.05) is 20.8 Å². The van der Waals surface area contributed by atoms with Crippen molar-refractivity contribution in [2.45, 2.75) is 45.6 Å². The highest BCUT2D eigenvalue weighted by Crippen LogP contribution is 2.22. The fourth-order valence-corrected chi connectivity index (χ4v) is 4.76. The molecule has 0 saturated carbocycles. The van der Waals surface area contributed by atoms with Crippen LogP contribution in [-0.2, 0) is 14.6 Å². The third-order valence-corrected chi connectivity index (χ3v) is 6.75. The van der Waals surface area contributed by atoms with Gasteiger partial charge in [0.2, 0.25) is 5.88 Å². The fourth-order valence-electron chi connectivity index (χ4n) is 3.49. The van der Waals surface area contributed by atoms with E-state index in [1.165, 1.54) is 7.11 Å². The Hall–Kier alpha value is -1.95. The third-order valence-electron chi connectivity index (χ3n) is 5.18. The maximum Gasteiger partial charge on any atom is 0.410 e. The van der Waals surface area contributed by atoms with E-state index in [0.717, 1.165) is 43.9 Å². The van der Waals surface area contributed by atoms with Crippen LogP contribution < -0.4 is 14.5 Å². The quantitative estimate of drug-likeness (QED) is 0.367. The second-order valence-corrected chi connectivity index (χ2v) is 10.6. The first-order chi connectivity index (χ1) is 15.3. The number of aromatic nitrogens is 2. The van der Waals surface area contributed by atoms with Crippen molar-refractivity contribution < 1.29 is 24.1 Å². The Morgan fingerprint density at radius 2 is 2.00 bits per heavy atom. The van der Waals surface area contributed by atoms with Crippen LogP contribution in [0.4, 0.5) is 10.6 Å². The molecule has 32 heavy (non-hydrogen) atoms. The molecule has 0 spiro atoms. The first kappa shape index (κ1) is 24.7. The van der Waals surface area contributed by atoms with Gasteiger partial charge in [-0.2, -0.15) is 0 Å². The van der Waals surface area contributed by atoms with E-state index in [-0.39, 0.29) is 16.8 Å². The number of nitrogens with one attached hydrogen (secondary N) is 1. The second kappa shape index (κ2) is 11.8. The number of piperidine rings is 1. The number of amides is 1. The summed E-state index contributed by atoms with van der Waals surface area (Å²) in [7, 11) is 1.33. The molecule has 180 valence electrons. The van der Waals surface area contributed by atoms with Crippen molar-refractivity contribution in [3.8, 4) is 5.88 Å². The lowest BCUT2D eigenvalue weighted by Crippen LogP contribution is -2.42. The molecule has 3 heterocycles. The predicted octanol–water partition coefficient (Wildman–Crippen LogP) is 2.78. The summed E-state index contributed by atoms with van der Waals surface area (Å²) in [6.45, 7) is 9.26. The van der Waals surface area contributed by atoms with Gasteiger partial charge in [-0.1, -0.05) is 10.7 Å². The van der Waals surface area contributed by atoms with Crippen molar-refractivity contribution >= 4 is 27.9 Å². The molecule has 2 aliphatic heterocycles. The maximum atomic E-state index is 12.2. The van der Waals surface area contributed by atoms with Crippen LogP contribution in [0.1, 0.15) is 40.0 Å². The Morgan fingerprint density at radius 1 is 1.22 bits per heavy atom. The van der Waals surface area contributed by atoms with Gasteiger partial charge in [-0.3, -0.25) is 0 Å². The van der Waals surface area contributed by atoms with Gasteiger partial charge in [0.1, 0.15) is 11.4 Å². The number of carbonyl (C=O) groups excluding carboxylic acids is 1. The monoisotopic (exact) mass is 469 g/mol. The highest BCUT2D eigenvalue weighted by atomic mass is 32.2. The third kappa shape index (κ3) is 7.88. The predicted molar refractivity (Wildman–Crippen MR) is 125 cm³/mol. The van der Waals surface area contributed by atoms with E-state index in [0.29, 0.717) is 31.5 Å². The summed E-state index contributed by atoms with van der Waals surface area (Å²) >= 11 is 0. The second-order valence-electron chi connectivity index (χ2n) is 8.87. The van der Waals surface area contributed by atoms with Gasteiger partial charge in [-0.05, 0) is 51.3 Å². The van der Waals surface area contributed by atoms with E-state index in [9.17, 15) is 4.79 Å². The average molecular weight is 470 g/mol. The summed E-state index contributed by atoms with van der Waals surface area (Å²) in [5.74, 6) is 2.73. The number of hydrogen-bond donors (Lipinski definition) is 1. The fraction of sp³-hybridized carbons (Fsp3) is 0.714. The molecule has 2 aliphatic rings. The van der Waals surface area contributed by atoms with Crippen molar-refractivity contribution in [3.63, 3.8) is 0 Å². The Morgan fingerprint density at radius 3 is 2.66 bits per heavy atom. The topological polar surface area (TPSA) is 98.3 Å². The van der Waals surface area contributed by atoms with Crippen molar-refractivity contribution in [2.24, 2.45) is 5.92 Å². The zero-order valence-electron chi connectivity index (χ0n) is 19.4. The van der Waals surface area contributed by atoms with Crippen LogP contribution in [0.2, 0.25) is 0 Å². The lowest BCUT2D eigenvalue weighted by molar-refractivity contribution is -0.294. The van der Waals surface area contributed by atoms with E-state index in [4.69, 9.17) is 14.5 Å². The summed E-state index contributed by atoms with van der Waals surface area (Å²) in [4.78, 5) is 37.5. The van der Waals surface area contributed by atoms with Gasteiger partial charge >= 0.3 is 6.09 Å². The molecule has 3 rings (SSSR count). The van der Waals surface area contributed by atoms with E-state index < -0.39 is 5.60 Å². The lowest BCUT2D eigenvalue weighted by atomic mass is 9.98. The molecule has 11 heteroatoms. The van der Waals surface area contributed by atoms with Crippen LogP contribution in [0.15, 0.2) is 12.4 Å². The van der Waals surface area contributed by atoms with Crippen LogP contribution >= 0.6 is 10.7 Å². The number of anilines is 1. The highest BCUT2D eigenvalue weighted by molar-refractivity contribution is 8.13. The van der Waals surface area contributed by atoms with Crippen molar-refractivity contribution in [2.75, 3.05) is 50.5 Å². The number of ether oxygens (including phenoxy) is 2. The van der Waals surface area contributed by atoms with E-state index in [2.05, 4.69) is 30.0 Å². The first-order valence-corrected chi connectivity index (χ1v) is 12.5. The Kier molecular flexibility index (Phi) is 9.09. The molecule has 1 saturated heterocycles. The summed E-state index contributed by atoms with van der Waals surface area (Å²) < 4.78 is 11.3. The van der Waals surface area contributed by atoms with Crippen LogP contribution in [0, 0.1) is 5.92 Å². The Bertz CT molecular complexity index is 763. The van der Waals surface area contributed by atoms with Gasteiger partial charge in [0.25, 0.3) is 0 Å². The Balaban J connectivity index is 1.42. The molecule has 1 N–H and O–H groups in total. The molecule has 1 fully saturated rings. The van der Waals surface area contributed by atoms with Gasteiger partial charge in [0, 0.05) is 31.9 Å². The molecule has 1 aromatic rings. The molecule has 0 radical (unpaired) electrons. The number of likely N-dealkylation sites (tertiary alicyclic amines) is 1. The summed E-state index contributed by atoms with van der Waals surface area (Å²) in [5.41, 5.74) is -0.468. The SMILES string of the molecule is COONS1=CCN(c2cnc(OCC3CCN(C(=O)OC(C)(C)C)CC3)cn2)CCC1. The minimum Gasteiger partial charge on any atom is -0.476 e. The molecule has 10 nitrogen and oxygen atoms in total. The zero-order valence-corrected chi connectivity index (χ0v) is 20.2. The van der Waals surface area contributed by atoms with Gasteiger partial charge < -0.3 is 19.3 Å². The Labute approximate surface area is 192 Å². The van der Waals surface area contributed by atoms with Crippen molar-refractivity contribution in [1.82, 2.24) is 19.8 Å². The number of hydrogen-bond acceptors (Lipinski definition) is 9. The number of nitrogens with zero attached hydrogens (tertiary/aromatic N) is 4. The van der Waals surface area contributed by atoms with E-state index >= 15 is 0 Å². The summed E-state index contributed by atoms with van der Waals surface area (Å²) in [6.07, 6.45) is 5.99. The standard InChI is InChI=1S/C21H35N5O5S/c1-21(2,3)30-20(27)26-9-6-17(7-10-26)16-29-19-15-22-18(14-23-19)25-8-5-12-32(13-11-25)24-31-28-4/h13-15,17,24H,5-12,16H2,1-4H3. The summed E-state index contributed by atoms with van der Waals surface area (Å²) in [6, 6.07) is 0. The minimum atomic E-state index is -0.468. The molecule has 1 unspecified atom stereocenters. The number of rotatable bonds is 7. The minimum absolute atomic E-state index is 0.147. The smallest absolute Gasteiger partial charge is 0.410 e. The molecule has 1 atom stereocenters. The van der Waals surface area contributed by atoms with Crippen LogP contribution in [0.3, 0.4) is 0 Å². The van der Waals surface area contributed by atoms with Crippen LogP contribution in [-0.4, -0.2) is 77.6 Å². The van der Waals surface area contributed by atoms with Gasteiger partial charge in [0.15, 0.2) is 0 Å². The highest BCUT2D eigenvalue weighted by Gasteiger charge is 2.27. The molecule has 1 aromatic heterocycles. The van der Waals surface area contributed by atoms with Gasteiger partial charge in [0.05, 0.1) is 26.1 Å². The molecule has 0 bridgehead atoms. The normalized spacial score (nSPS) is 20.4. The molecule has 1 amide bonds. The van der Waals surface area contributed by atoms with Crippen molar-refractivity contribution in [3.05, 3.63) is 12.4 Å². The molecular formula is C21H35N5O5S. The van der Waals surface area contributed by atoms with Crippen LogP contribution in [0.25, 0.3) is 0 Å². The molecule has 0 aromatic carbocycles. The van der Waals surface area contributed by atoms with Gasteiger partial charge in [-0.15, -0.1) is 9.87 Å². The van der Waals surface area contributed by atoms with Crippen LogP contribution in [0.5, 0.6) is 5.88 Å². The zero-order chi connectivity index (χ0) is 23.0. The van der Waals surface area contributed by atoms with Gasteiger partial charge in [-0.25, -0.2) is 19.7 Å². The maximum absolute atomic E-state index is 12.2. The number of carbonyl (C=O) groups is 1. The largest absolute Gasteiger partial charge is 0.476 e. The lowest BCUT2D eigenvalue weighted by Gasteiger charge is -2.33. The summed E-state index contributed by atoms with van der Waals surface area (Å²) in [5, 5.41) is 2.17.